The molecule has 0 radical (unpaired) electrons. The van der Waals surface area contributed by atoms with Crippen molar-refractivity contribution in [2.24, 2.45) is 4.99 Å². The van der Waals surface area contributed by atoms with Crippen LogP contribution in [0, 0.1) is 13.8 Å². The van der Waals surface area contributed by atoms with Crippen LogP contribution in [-0.4, -0.2) is 13.3 Å². The minimum absolute atomic E-state index is 0.402. The average Bonchev–Trinajstić information content (AvgIpc) is 2.68. The molecule has 3 nitrogen and oxygen atoms in total. The quantitative estimate of drug-likeness (QED) is 0.370. The third-order valence-electron chi connectivity index (χ3n) is 4.27. The second-order valence-electron chi connectivity index (χ2n) is 6.50. The number of halogens is 2. The summed E-state index contributed by atoms with van der Waals surface area (Å²) in [6.45, 7) is 4.49. The SMILES string of the molecule is COc1cc(C=Nc2cc(C)ccc2C)cc(Cl)c1OCc1ccc(Br)cc1. The van der Waals surface area contributed by atoms with E-state index in [2.05, 4.69) is 46.0 Å². The Morgan fingerprint density at radius 1 is 1.04 bits per heavy atom. The summed E-state index contributed by atoms with van der Waals surface area (Å²) in [5.74, 6) is 1.10. The Bertz CT molecular complexity index is 1000. The van der Waals surface area contributed by atoms with Crippen LogP contribution in [0.15, 0.2) is 64.1 Å². The van der Waals surface area contributed by atoms with Crippen molar-refractivity contribution >= 4 is 39.4 Å². The van der Waals surface area contributed by atoms with Gasteiger partial charge in [0.25, 0.3) is 0 Å². The topological polar surface area (TPSA) is 30.8 Å². The highest BCUT2D eigenvalue weighted by Crippen LogP contribution is 2.37. The molecule has 0 heterocycles. The molecule has 0 aliphatic heterocycles. The Labute approximate surface area is 179 Å². The third-order valence-corrected chi connectivity index (χ3v) is 5.07. The molecule has 144 valence electrons. The van der Waals surface area contributed by atoms with E-state index in [-0.39, 0.29) is 0 Å². The molecule has 0 spiro atoms. The summed E-state index contributed by atoms with van der Waals surface area (Å²) < 4.78 is 12.4. The van der Waals surface area contributed by atoms with Gasteiger partial charge in [-0.3, -0.25) is 4.99 Å². The number of aliphatic imine (C=N–C) groups is 1. The minimum atomic E-state index is 0.402. The zero-order chi connectivity index (χ0) is 20.1. The Kier molecular flexibility index (Phi) is 6.76. The summed E-state index contributed by atoms with van der Waals surface area (Å²) in [5, 5.41) is 0.485. The lowest BCUT2D eigenvalue weighted by Gasteiger charge is -2.13. The summed E-state index contributed by atoms with van der Waals surface area (Å²) in [6.07, 6.45) is 1.79. The zero-order valence-electron chi connectivity index (χ0n) is 16.0. The summed E-state index contributed by atoms with van der Waals surface area (Å²) in [6, 6.07) is 17.8. The molecule has 0 atom stereocenters. The largest absolute Gasteiger partial charge is 0.493 e. The van der Waals surface area contributed by atoms with E-state index in [0.29, 0.717) is 23.1 Å². The van der Waals surface area contributed by atoms with Gasteiger partial charge in [-0.05, 0) is 66.4 Å². The summed E-state index contributed by atoms with van der Waals surface area (Å²) >= 11 is 9.90. The molecule has 3 aromatic carbocycles. The van der Waals surface area contributed by atoms with Crippen LogP contribution in [0.3, 0.4) is 0 Å². The van der Waals surface area contributed by atoms with Gasteiger partial charge in [-0.1, -0.05) is 51.8 Å². The van der Waals surface area contributed by atoms with Gasteiger partial charge in [0.15, 0.2) is 11.5 Å². The number of methoxy groups -OCH3 is 1. The van der Waals surface area contributed by atoms with Gasteiger partial charge in [0.05, 0.1) is 17.8 Å². The molecular formula is C23H21BrClNO2. The monoisotopic (exact) mass is 457 g/mol. The standard InChI is InChI=1S/C23H21BrClNO2/c1-15-4-5-16(2)21(10-15)26-13-18-11-20(25)23(22(12-18)27-3)28-14-17-6-8-19(24)9-7-17/h4-13H,14H2,1-3H3. The van der Waals surface area contributed by atoms with Crippen molar-refractivity contribution in [3.63, 3.8) is 0 Å². The average molecular weight is 459 g/mol. The van der Waals surface area contributed by atoms with Crippen LogP contribution in [-0.2, 0) is 6.61 Å². The summed E-state index contributed by atoms with van der Waals surface area (Å²) in [7, 11) is 1.60. The van der Waals surface area contributed by atoms with Gasteiger partial charge in [-0.15, -0.1) is 0 Å². The number of aryl methyl sites for hydroxylation is 2. The molecule has 3 aromatic rings. The van der Waals surface area contributed by atoms with E-state index < -0.39 is 0 Å². The molecule has 3 rings (SSSR count). The first-order chi connectivity index (χ1) is 13.5. The summed E-state index contributed by atoms with van der Waals surface area (Å²) in [5.41, 5.74) is 5.12. The van der Waals surface area contributed by atoms with Gasteiger partial charge < -0.3 is 9.47 Å². The van der Waals surface area contributed by atoms with E-state index in [1.165, 1.54) is 5.56 Å². The number of nitrogens with zero attached hydrogens (tertiary/aromatic N) is 1. The first kappa shape index (κ1) is 20.4. The van der Waals surface area contributed by atoms with Crippen molar-refractivity contribution in [2.45, 2.75) is 20.5 Å². The number of benzene rings is 3. The van der Waals surface area contributed by atoms with Crippen LogP contribution in [0.1, 0.15) is 22.3 Å². The fraction of sp³-hybridized carbons (Fsp3) is 0.174. The fourth-order valence-corrected chi connectivity index (χ4v) is 3.23. The van der Waals surface area contributed by atoms with Gasteiger partial charge in [-0.2, -0.15) is 0 Å². The Hall–Kier alpha value is -2.30. The van der Waals surface area contributed by atoms with Crippen molar-refractivity contribution < 1.29 is 9.47 Å². The van der Waals surface area contributed by atoms with Crippen LogP contribution in [0.25, 0.3) is 0 Å². The Balaban J connectivity index is 1.81. The highest BCUT2D eigenvalue weighted by molar-refractivity contribution is 9.10. The van der Waals surface area contributed by atoms with Crippen LogP contribution in [0.2, 0.25) is 5.02 Å². The van der Waals surface area contributed by atoms with E-state index in [0.717, 1.165) is 26.9 Å². The van der Waals surface area contributed by atoms with Crippen LogP contribution < -0.4 is 9.47 Å². The molecule has 5 heteroatoms. The van der Waals surface area contributed by atoms with E-state index >= 15 is 0 Å². The molecule has 28 heavy (non-hydrogen) atoms. The predicted molar refractivity (Wildman–Crippen MR) is 120 cm³/mol. The number of hydrogen-bond acceptors (Lipinski definition) is 3. The normalized spacial score (nSPS) is 11.0. The number of ether oxygens (including phenoxy) is 2. The van der Waals surface area contributed by atoms with Crippen molar-refractivity contribution in [1.29, 1.82) is 0 Å². The maximum absolute atomic E-state index is 6.47. The molecule has 0 aromatic heterocycles. The molecule has 0 saturated carbocycles. The van der Waals surface area contributed by atoms with Crippen LogP contribution in [0.4, 0.5) is 5.69 Å². The van der Waals surface area contributed by atoms with Gasteiger partial charge in [-0.25, -0.2) is 0 Å². The van der Waals surface area contributed by atoms with E-state index in [1.807, 2.05) is 43.3 Å². The smallest absolute Gasteiger partial charge is 0.180 e. The van der Waals surface area contributed by atoms with E-state index in [9.17, 15) is 0 Å². The van der Waals surface area contributed by atoms with Gasteiger partial charge >= 0.3 is 0 Å². The molecule has 0 bridgehead atoms. The molecule has 0 amide bonds. The first-order valence-electron chi connectivity index (χ1n) is 8.82. The van der Waals surface area contributed by atoms with E-state index in [4.69, 9.17) is 21.1 Å². The molecule has 0 unspecified atom stereocenters. The second kappa shape index (κ2) is 9.26. The maximum atomic E-state index is 6.47. The van der Waals surface area contributed by atoms with Gasteiger partial charge in [0.1, 0.15) is 6.61 Å². The highest BCUT2D eigenvalue weighted by atomic mass is 79.9. The molecule has 0 N–H and O–H groups in total. The first-order valence-corrected chi connectivity index (χ1v) is 9.99. The number of hydrogen-bond donors (Lipinski definition) is 0. The number of rotatable bonds is 6. The van der Waals surface area contributed by atoms with E-state index in [1.54, 1.807) is 13.3 Å². The lowest BCUT2D eigenvalue weighted by atomic mass is 10.1. The third kappa shape index (κ3) is 5.15. The maximum Gasteiger partial charge on any atom is 0.180 e. The van der Waals surface area contributed by atoms with Crippen molar-refractivity contribution in [2.75, 3.05) is 7.11 Å². The zero-order valence-corrected chi connectivity index (χ0v) is 18.3. The van der Waals surface area contributed by atoms with Crippen molar-refractivity contribution in [1.82, 2.24) is 0 Å². The van der Waals surface area contributed by atoms with Crippen LogP contribution in [0.5, 0.6) is 11.5 Å². The molecule has 0 aliphatic carbocycles. The second-order valence-corrected chi connectivity index (χ2v) is 7.82. The molecule has 0 fully saturated rings. The Morgan fingerprint density at radius 3 is 2.50 bits per heavy atom. The summed E-state index contributed by atoms with van der Waals surface area (Å²) in [4.78, 5) is 4.60. The van der Waals surface area contributed by atoms with Crippen molar-refractivity contribution in [3.8, 4) is 11.5 Å². The van der Waals surface area contributed by atoms with Gasteiger partial charge in [0, 0.05) is 10.7 Å². The Morgan fingerprint density at radius 2 is 1.79 bits per heavy atom. The highest BCUT2D eigenvalue weighted by Gasteiger charge is 2.12. The molecule has 0 aliphatic rings. The molecule has 0 saturated heterocycles. The minimum Gasteiger partial charge on any atom is -0.493 e. The fourth-order valence-electron chi connectivity index (χ4n) is 2.69. The predicted octanol–water partition coefficient (Wildman–Crippen LogP) is 7.06. The lowest BCUT2D eigenvalue weighted by molar-refractivity contribution is 0.284. The lowest BCUT2D eigenvalue weighted by Crippen LogP contribution is -1.99. The molecular weight excluding hydrogens is 438 g/mol. The van der Waals surface area contributed by atoms with Gasteiger partial charge in [0.2, 0.25) is 0 Å². The van der Waals surface area contributed by atoms with Crippen molar-refractivity contribution in [3.05, 3.63) is 86.3 Å². The van der Waals surface area contributed by atoms with Crippen LogP contribution >= 0.6 is 27.5 Å².